The van der Waals surface area contributed by atoms with Crippen LogP contribution in [0.5, 0.6) is 11.5 Å². The number of rotatable bonds is 7. The number of aromatic nitrogens is 1. The Morgan fingerprint density at radius 1 is 1.00 bits per heavy atom. The van der Waals surface area contributed by atoms with Gasteiger partial charge in [0.2, 0.25) is 0 Å². The van der Waals surface area contributed by atoms with Crippen LogP contribution in [0.2, 0.25) is 0 Å². The fourth-order valence-electron chi connectivity index (χ4n) is 3.54. The summed E-state index contributed by atoms with van der Waals surface area (Å²) in [5, 5.41) is 0. The number of fused-ring (bicyclic) bond motifs is 2. The topological polar surface area (TPSA) is 99.4 Å². The number of hydrogen-bond donors (Lipinski definition) is 0. The Morgan fingerprint density at radius 2 is 1.62 bits per heavy atom. The number of ether oxygens (including phenoxy) is 3. The molecule has 0 saturated carbocycles. The highest BCUT2D eigenvalue weighted by Gasteiger charge is 2.36. The molecule has 1 aliphatic heterocycles. The van der Waals surface area contributed by atoms with Gasteiger partial charge in [0.1, 0.15) is 6.54 Å². The summed E-state index contributed by atoms with van der Waals surface area (Å²) in [7, 11) is 4.68. The summed E-state index contributed by atoms with van der Waals surface area (Å²) in [6, 6.07) is 10.1. The summed E-state index contributed by atoms with van der Waals surface area (Å²) in [5.74, 6) is -0.479. The van der Waals surface area contributed by atoms with E-state index in [4.69, 9.17) is 14.2 Å². The van der Waals surface area contributed by atoms with Crippen LogP contribution < -0.4 is 14.3 Å². The minimum absolute atomic E-state index is 0.293. The lowest BCUT2D eigenvalue weighted by atomic mass is 10.1. The van der Waals surface area contributed by atoms with E-state index in [1.807, 2.05) is 16.7 Å². The van der Waals surface area contributed by atoms with Crippen LogP contribution in [0, 0.1) is 0 Å². The van der Waals surface area contributed by atoms with E-state index in [-0.39, 0.29) is 0 Å². The molecule has 2 heterocycles. The van der Waals surface area contributed by atoms with E-state index in [2.05, 4.69) is 4.99 Å². The summed E-state index contributed by atoms with van der Waals surface area (Å²) < 4.78 is 18.6. The molecular formula is C22H21N3O6S. The van der Waals surface area contributed by atoms with Crippen LogP contribution in [0.1, 0.15) is 20.7 Å². The zero-order valence-electron chi connectivity index (χ0n) is 17.8. The molecule has 0 fully saturated rings. The van der Waals surface area contributed by atoms with Gasteiger partial charge in [-0.1, -0.05) is 23.5 Å². The van der Waals surface area contributed by atoms with Crippen LogP contribution >= 0.6 is 11.3 Å². The Bertz CT molecular complexity index is 1260. The molecule has 1 aliphatic rings. The quantitative estimate of drug-likeness (QED) is 0.506. The molecule has 0 spiro atoms. The number of thiazole rings is 1. The van der Waals surface area contributed by atoms with Crippen LogP contribution in [-0.4, -0.2) is 61.7 Å². The maximum Gasteiger partial charge on any atom is 0.268 e. The van der Waals surface area contributed by atoms with Crippen molar-refractivity contribution in [2.75, 3.05) is 34.5 Å². The third kappa shape index (κ3) is 3.78. The molecule has 4 rings (SSSR count). The molecule has 0 saturated heterocycles. The van der Waals surface area contributed by atoms with E-state index < -0.39 is 24.3 Å². The number of methoxy groups -OCH3 is 3. The number of imide groups is 1. The van der Waals surface area contributed by atoms with Gasteiger partial charge in [0.15, 0.2) is 16.3 Å². The van der Waals surface area contributed by atoms with Gasteiger partial charge in [0.25, 0.3) is 17.7 Å². The van der Waals surface area contributed by atoms with E-state index in [1.165, 1.54) is 11.3 Å². The molecule has 1 aromatic heterocycles. The average molecular weight is 455 g/mol. The van der Waals surface area contributed by atoms with Crippen LogP contribution in [0.25, 0.3) is 10.2 Å². The van der Waals surface area contributed by atoms with Crippen molar-refractivity contribution in [1.29, 1.82) is 0 Å². The van der Waals surface area contributed by atoms with Crippen LogP contribution in [0.3, 0.4) is 0 Å². The molecule has 0 aliphatic carbocycles. The maximum absolute atomic E-state index is 12.8. The third-order valence-corrected chi connectivity index (χ3v) is 6.14. The van der Waals surface area contributed by atoms with Crippen molar-refractivity contribution in [3.05, 3.63) is 52.3 Å². The largest absolute Gasteiger partial charge is 0.493 e. The first kappa shape index (κ1) is 21.7. The molecular weight excluding hydrogens is 434 g/mol. The van der Waals surface area contributed by atoms with Gasteiger partial charge in [-0.25, -0.2) is 0 Å². The number of nitrogens with zero attached hydrogens (tertiary/aromatic N) is 3. The molecule has 2 aromatic carbocycles. The lowest BCUT2D eigenvalue weighted by molar-refractivity contribution is -0.118. The molecule has 166 valence electrons. The van der Waals surface area contributed by atoms with E-state index in [9.17, 15) is 14.4 Å². The standard InChI is InChI=1S/C22H21N3O6S/c1-29-9-8-24-15-10-16(30-2)17(31-3)11-18(15)32-22(24)23-19(26)12-25-20(27)13-6-4-5-7-14(13)21(25)28/h4-7,10-11H,8-9,12H2,1-3H3. The number of hydrogen-bond acceptors (Lipinski definition) is 7. The second kappa shape index (κ2) is 8.93. The summed E-state index contributed by atoms with van der Waals surface area (Å²) >= 11 is 1.29. The van der Waals surface area contributed by atoms with Gasteiger partial charge >= 0.3 is 0 Å². The normalized spacial score (nSPS) is 13.7. The maximum atomic E-state index is 12.8. The molecule has 0 N–H and O–H groups in total. The minimum atomic E-state index is -0.601. The van der Waals surface area contributed by atoms with Crippen molar-refractivity contribution in [2.24, 2.45) is 4.99 Å². The molecule has 10 heteroatoms. The monoisotopic (exact) mass is 455 g/mol. The van der Waals surface area contributed by atoms with Gasteiger partial charge in [-0.05, 0) is 12.1 Å². The Labute approximate surface area is 187 Å². The van der Waals surface area contributed by atoms with Gasteiger partial charge in [-0.2, -0.15) is 4.99 Å². The van der Waals surface area contributed by atoms with Crippen molar-refractivity contribution in [1.82, 2.24) is 9.47 Å². The first-order valence-electron chi connectivity index (χ1n) is 9.75. The average Bonchev–Trinajstić information content (AvgIpc) is 3.25. The lowest BCUT2D eigenvalue weighted by Gasteiger charge is -2.11. The van der Waals surface area contributed by atoms with Crippen LogP contribution in [0.4, 0.5) is 0 Å². The van der Waals surface area contributed by atoms with Gasteiger partial charge < -0.3 is 18.8 Å². The van der Waals surface area contributed by atoms with E-state index in [0.717, 1.165) is 15.1 Å². The van der Waals surface area contributed by atoms with Crippen LogP contribution in [-0.2, 0) is 16.1 Å². The highest BCUT2D eigenvalue weighted by atomic mass is 32.1. The smallest absolute Gasteiger partial charge is 0.268 e. The zero-order chi connectivity index (χ0) is 22.8. The fourth-order valence-corrected chi connectivity index (χ4v) is 4.62. The predicted octanol–water partition coefficient (Wildman–Crippen LogP) is 2.09. The van der Waals surface area contributed by atoms with Gasteiger partial charge in [-0.3, -0.25) is 19.3 Å². The SMILES string of the molecule is COCCn1c(=NC(=O)CN2C(=O)c3ccccc3C2=O)sc2cc(OC)c(OC)cc21. The Balaban J connectivity index is 1.70. The van der Waals surface area contributed by atoms with Crippen molar-refractivity contribution >= 4 is 39.3 Å². The second-order valence-electron chi connectivity index (χ2n) is 6.95. The highest BCUT2D eigenvalue weighted by Crippen LogP contribution is 2.33. The number of carbonyl (C=O) groups excluding carboxylic acids is 3. The summed E-state index contributed by atoms with van der Waals surface area (Å²) in [5.41, 5.74) is 1.39. The molecule has 9 nitrogen and oxygen atoms in total. The zero-order valence-corrected chi connectivity index (χ0v) is 18.6. The molecule has 0 unspecified atom stereocenters. The summed E-state index contributed by atoms with van der Waals surface area (Å²) in [4.78, 5) is 43.4. The van der Waals surface area contributed by atoms with Crippen molar-refractivity contribution in [3.8, 4) is 11.5 Å². The lowest BCUT2D eigenvalue weighted by Crippen LogP contribution is -2.35. The second-order valence-corrected chi connectivity index (χ2v) is 7.96. The van der Waals surface area contributed by atoms with Crippen molar-refractivity contribution in [3.63, 3.8) is 0 Å². The van der Waals surface area contributed by atoms with E-state index >= 15 is 0 Å². The molecule has 32 heavy (non-hydrogen) atoms. The first-order valence-corrected chi connectivity index (χ1v) is 10.6. The Hall–Kier alpha value is -3.50. The van der Waals surface area contributed by atoms with E-state index in [1.54, 1.807) is 45.6 Å². The van der Waals surface area contributed by atoms with Crippen molar-refractivity contribution in [2.45, 2.75) is 6.54 Å². The number of benzene rings is 2. The Morgan fingerprint density at radius 3 is 2.22 bits per heavy atom. The fraction of sp³-hybridized carbons (Fsp3) is 0.273. The van der Waals surface area contributed by atoms with Gasteiger partial charge in [-0.15, -0.1) is 0 Å². The minimum Gasteiger partial charge on any atom is -0.493 e. The molecule has 3 amide bonds. The molecule has 0 radical (unpaired) electrons. The number of amides is 3. The number of carbonyl (C=O) groups is 3. The highest BCUT2D eigenvalue weighted by molar-refractivity contribution is 7.16. The van der Waals surface area contributed by atoms with Gasteiger partial charge in [0.05, 0.1) is 42.2 Å². The molecule has 3 aromatic rings. The summed E-state index contributed by atoms with van der Waals surface area (Å²) in [6.07, 6.45) is 0. The Kier molecular flexibility index (Phi) is 6.06. The van der Waals surface area contributed by atoms with Crippen molar-refractivity contribution < 1.29 is 28.6 Å². The molecule has 0 atom stereocenters. The third-order valence-electron chi connectivity index (χ3n) is 5.10. The molecule has 0 bridgehead atoms. The van der Waals surface area contributed by atoms with Gasteiger partial charge in [0, 0.05) is 25.8 Å². The van der Waals surface area contributed by atoms with Crippen LogP contribution in [0.15, 0.2) is 41.4 Å². The summed E-state index contributed by atoms with van der Waals surface area (Å²) in [6.45, 7) is 0.419. The van der Waals surface area contributed by atoms with E-state index in [0.29, 0.717) is 40.6 Å². The predicted molar refractivity (Wildman–Crippen MR) is 117 cm³/mol. The first-order chi connectivity index (χ1) is 15.5.